The second-order valence-corrected chi connectivity index (χ2v) is 7.11. The standard InChI is InChI=1S/C26H25FN2O5/c1-3-15-33-22-12-8-20(9-13-22)26(31)34-23-14-5-18(16-24(23)32-4-2)17-28-29-25(30)19-6-10-21(27)11-7-19/h5-14,16-17H,3-4,15H2,1-2H3,(H,29,30)/b28-17+. The van der Waals surface area contributed by atoms with Crippen molar-refractivity contribution in [2.45, 2.75) is 20.3 Å². The average molecular weight is 464 g/mol. The number of halogens is 1. The number of rotatable bonds is 10. The van der Waals surface area contributed by atoms with E-state index in [2.05, 4.69) is 10.5 Å². The highest BCUT2D eigenvalue weighted by atomic mass is 19.1. The summed E-state index contributed by atoms with van der Waals surface area (Å²) in [6.45, 7) is 4.79. The van der Waals surface area contributed by atoms with E-state index in [0.717, 1.165) is 6.42 Å². The molecular weight excluding hydrogens is 439 g/mol. The predicted octanol–water partition coefficient (Wildman–Crippen LogP) is 5.00. The molecule has 0 fully saturated rings. The number of benzene rings is 3. The van der Waals surface area contributed by atoms with E-state index in [1.807, 2.05) is 13.8 Å². The highest BCUT2D eigenvalue weighted by Gasteiger charge is 2.13. The molecular formula is C26H25FN2O5. The van der Waals surface area contributed by atoms with E-state index in [0.29, 0.717) is 35.8 Å². The Kier molecular flexibility index (Phi) is 8.73. The average Bonchev–Trinajstić information content (AvgIpc) is 2.85. The summed E-state index contributed by atoms with van der Waals surface area (Å²) in [6, 6.07) is 16.7. The fourth-order valence-corrected chi connectivity index (χ4v) is 2.85. The molecule has 8 heteroatoms. The lowest BCUT2D eigenvalue weighted by Crippen LogP contribution is -2.17. The number of hydrazone groups is 1. The minimum atomic E-state index is -0.532. The number of esters is 1. The number of nitrogens with zero attached hydrogens (tertiary/aromatic N) is 1. The summed E-state index contributed by atoms with van der Waals surface area (Å²) in [4.78, 5) is 24.6. The second-order valence-electron chi connectivity index (χ2n) is 7.11. The van der Waals surface area contributed by atoms with E-state index in [9.17, 15) is 14.0 Å². The maximum Gasteiger partial charge on any atom is 0.343 e. The van der Waals surface area contributed by atoms with Gasteiger partial charge in [-0.15, -0.1) is 0 Å². The van der Waals surface area contributed by atoms with Crippen LogP contribution in [0.3, 0.4) is 0 Å². The van der Waals surface area contributed by atoms with Crippen LogP contribution in [0.5, 0.6) is 17.2 Å². The van der Waals surface area contributed by atoms with Gasteiger partial charge in [0.2, 0.25) is 0 Å². The van der Waals surface area contributed by atoms with Crippen molar-refractivity contribution in [2.75, 3.05) is 13.2 Å². The molecule has 0 radical (unpaired) electrons. The van der Waals surface area contributed by atoms with E-state index in [1.165, 1.54) is 30.5 Å². The molecule has 0 saturated carbocycles. The summed E-state index contributed by atoms with van der Waals surface area (Å²) in [5.41, 5.74) is 3.64. The Balaban J connectivity index is 1.66. The predicted molar refractivity (Wildman–Crippen MR) is 126 cm³/mol. The van der Waals surface area contributed by atoms with Crippen molar-refractivity contribution in [3.05, 3.63) is 89.2 Å². The normalized spacial score (nSPS) is 10.7. The molecule has 0 aromatic heterocycles. The van der Waals surface area contributed by atoms with Crippen LogP contribution in [0.2, 0.25) is 0 Å². The summed E-state index contributed by atoms with van der Waals surface area (Å²) in [6.07, 6.45) is 2.32. The van der Waals surface area contributed by atoms with Gasteiger partial charge in [0.25, 0.3) is 5.91 Å². The highest BCUT2D eigenvalue weighted by molar-refractivity contribution is 5.95. The zero-order valence-electron chi connectivity index (χ0n) is 18.9. The molecule has 0 heterocycles. The lowest BCUT2D eigenvalue weighted by Gasteiger charge is -2.12. The number of hydrogen-bond acceptors (Lipinski definition) is 6. The van der Waals surface area contributed by atoms with E-state index >= 15 is 0 Å². The third-order valence-corrected chi connectivity index (χ3v) is 4.52. The number of nitrogens with one attached hydrogen (secondary N) is 1. The minimum absolute atomic E-state index is 0.255. The largest absolute Gasteiger partial charge is 0.494 e. The van der Waals surface area contributed by atoms with Crippen molar-refractivity contribution in [3.63, 3.8) is 0 Å². The molecule has 0 bridgehead atoms. The Morgan fingerprint density at radius 3 is 2.29 bits per heavy atom. The first-order chi connectivity index (χ1) is 16.5. The molecule has 7 nitrogen and oxygen atoms in total. The zero-order chi connectivity index (χ0) is 24.3. The molecule has 0 spiro atoms. The van der Waals surface area contributed by atoms with Crippen LogP contribution in [0.1, 0.15) is 46.5 Å². The van der Waals surface area contributed by atoms with Crippen LogP contribution < -0.4 is 19.6 Å². The topological polar surface area (TPSA) is 86.2 Å². The highest BCUT2D eigenvalue weighted by Crippen LogP contribution is 2.29. The number of amides is 1. The van der Waals surface area contributed by atoms with Crippen LogP contribution in [-0.4, -0.2) is 31.3 Å². The number of carbonyl (C=O) groups is 2. The molecule has 1 amide bonds. The van der Waals surface area contributed by atoms with Crippen molar-refractivity contribution >= 4 is 18.1 Å². The molecule has 0 saturated heterocycles. The molecule has 0 aliphatic heterocycles. The summed E-state index contributed by atoms with van der Waals surface area (Å²) in [5.74, 6) is -0.141. The Morgan fingerprint density at radius 1 is 0.912 bits per heavy atom. The molecule has 3 aromatic rings. The first kappa shape index (κ1) is 24.4. The van der Waals surface area contributed by atoms with Gasteiger partial charge in [0.05, 0.1) is 25.0 Å². The molecule has 0 unspecified atom stereocenters. The van der Waals surface area contributed by atoms with E-state index in [1.54, 1.807) is 42.5 Å². The molecule has 1 N–H and O–H groups in total. The fourth-order valence-electron chi connectivity index (χ4n) is 2.85. The van der Waals surface area contributed by atoms with Crippen LogP contribution in [0.4, 0.5) is 4.39 Å². The summed E-state index contributed by atoms with van der Waals surface area (Å²) >= 11 is 0. The molecule has 176 valence electrons. The third kappa shape index (κ3) is 6.90. The quantitative estimate of drug-likeness (QED) is 0.198. The van der Waals surface area contributed by atoms with Crippen LogP contribution in [0.25, 0.3) is 0 Å². The molecule has 3 aromatic carbocycles. The van der Waals surface area contributed by atoms with E-state index in [-0.39, 0.29) is 11.3 Å². The first-order valence-corrected chi connectivity index (χ1v) is 10.8. The van der Waals surface area contributed by atoms with Gasteiger partial charge in [-0.2, -0.15) is 5.10 Å². The summed E-state index contributed by atoms with van der Waals surface area (Å²) in [5, 5.41) is 3.92. The Morgan fingerprint density at radius 2 is 1.62 bits per heavy atom. The summed E-state index contributed by atoms with van der Waals surface area (Å²) in [7, 11) is 0. The fraction of sp³-hybridized carbons (Fsp3) is 0.192. The Bertz CT molecular complexity index is 1140. The monoisotopic (exact) mass is 464 g/mol. The van der Waals surface area contributed by atoms with Crippen LogP contribution in [0.15, 0.2) is 71.8 Å². The molecule has 0 atom stereocenters. The van der Waals surface area contributed by atoms with Gasteiger partial charge in [-0.25, -0.2) is 14.6 Å². The number of ether oxygens (including phenoxy) is 3. The van der Waals surface area contributed by atoms with Gasteiger partial charge in [-0.1, -0.05) is 6.92 Å². The van der Waals surface area contributed by atoms with Crippen molar-refractivity contribution < 1.29 is 28.2 Å². The van der Waals surface area contributed by atoms with Crippen molar-refractivity contribution in [1.29, 1.82) is 0 Å². The van der Waals surface area contributed by atoms with Gasteiger partial charge in [0.15, 0.2) is 11.5 Å². The van der Waals surface area contributed by atoms with E-state index in [4.69, 9.17) is 14.2 Å². The SMILES string of the molecule is CCCOc1ccc(C(=O)Oc2ccc(/C=N/NC(=O)c3ccc(F)cc3)cc2OCC)cc1. The Labute approximate surface area is 197 Å². The van der Waals surface area contributed by atoms with Crippen LogP contribution >= 0.6 is 0 Å². The minimum Gasteiger partial charge on any atom is -0.494 e. The van der Waals surface area contributed by atoms with Gasteiger partial charge in [-0.05, 0) is 85.6 Å². The second kappa shape index (κ2) is 12.2. The number of carbonyl (C=O) groups excluding carboxylic acids is 2. The maximum absolute atomic E-state index is 13.0. The van der Waals surface area contributed by atoms with Gasteiger partial charge in [-0.3, -0.25) is 4.79 Å². The van der Waals surface area contributed by atoms with E-state index < -0.39 is 17.7 Å². The molecule has 34 heavy (non-hydrogen) atoms. The maximum atomic E-state index is 13.0. The van der Waals surface area contributed by atoms with Crippen molar-refractivity contribution in [1.82, 2.24) is 5.43 Å². The van der Waals surface area contributed by atoms with Gasteiger partial charge < -0.3 is 14.2 Å². The smallest absolute Gasteiger partial charge is 0.343 e. The molecule has 0 aliphatic rings. The lowest BCUT2D eigenvalue weighted by molar-refractivity contribution is 0.0728. The van der Waals surface area contributed by atoms with Gasteiger partial charge in [0, 0.05) is 5.56 Å². The third-order valence-electron chi connectivity index (χ3n) is 4.52. The Hall–Kier alpha value is -4.20. The van der Waals surface area contributed by atoms with Crippen LogP contribution in [-0.2, 0) is 0 Å². The van der Waals surface area contributed by atoms with Gasteiger partial charge in [0.1, 0.15) is 11.6 Å². The first-order valence-electron chi connectivity index (χ1n) is 10.8. The lowest BCUT2D eigenvalue weighted by atomic mass is 10.2. The molecule has 3 rings (SSSR count). The summed E-state index contributed by atoms with van der Waals surface area (Å²) < 4.78 is 29.6. The van der Waals surface area contributed by atoms with Crippen LogP contribution in [0, 0.1) is 5.82 Å². The molecule has 0 aliphatic carbocycles. The van der Waals surface area contributed by atoms with Crippen molar-refractivity contribution in [3.8, 4) is 17.2 Å². The zero-order valence-corrected chi connectivity index (χ0v) is 18.9. The van der Waals surface area contributed by atoms with Crippen molar-refractivity contribution in [2.24, 2.45) is 5.10 Å². The number of hydrogen-bond donors (Lipinski definition) is 1. The van der Waals surface area contributed by atoms with Gasteiger partial charge >= 0.3 is 5.97 Å².